The first-order chi connectivity index (χ1) is 30.3. The number of fused-ring (bicyclic) bond motifs is 4. The zero-order valence-corrected chi connectivity index (χ0v) is 36.0. The number of rotatable bonds is 16. The maximum atomic E-state index is 15.0. The molecule has 6 fully saturated rings. The molecule has 6 aliphatic rings. The number of hydrogen-bond donors (Lipinski definition) is 4. The number of carbonyl (C=O) groups is 4. The van der Waals surface area contributed by atoms with Gasteiger partial charge in [0.15, 0.2) is 11.8 Å². The first-order valence-corrected chi connectivity index (χ1v) is 22.3. The van der Waals surface area contributed by atoms with E-state index in [0.29, 0.717) is 17.5 Å². The lowest BCUT2D eigenvalue weighted by molar-refractivity contribution is -0.235. The molecule has 3 saturated carbocycles. The summed E-state index contributed by atoms with van der Waals surface area (Å²) >= 11 is 0. The zero-order chi connectivity index (χ0) is 44.1. The third-order valence-electron chi connectivity index (χ3n) is 13.2. The Morgan fingerprint density at radius 3 is 2.41 bits per heavy atom. The van der Waals surface area contributed by atoms with E-state index in [1.54, 1.807) is 62.2 Å². The average molecular weight is 864 g/mol. The van der Waals surface area contributed by atoms with Gasteiger partial charge in [-0.05, 0) is 99.7 Å². The Kier molecular flexibility index (Phi) is 11.7. The van der Waals surface area contributed by atoms with Gasteiger partial charge in [0.1, 0.15) is 41.2 Å². The summed E-state index contributed by atoms with van der Waals surface area (Å²) in [6.45, 7) is 5.21. The van der Waals surface area contributed by atoms with E-state index >= 15 is 0 Å². The summed E-state index contributed by atoms with van der Waals surface area (Å²) in [7, 11) is 0. The van der Waals surface area contributed by atoms with Crippen molar-refractivity contribution in [2.24, 2.45) is 17.3 Å². The van der Waals surface area contributed by atoms with E-state index in [-0.39, 0.29) is 62.5 Å². The third-order valence-corrected chi connectivity index (χ3v) is 13.2. The van der Waals surface area contributed by atoms with Crippen LogP contribution in [0.2, 0.25) is 0 Å². The molecule has 2 bridgehead atoms. The van der Waals surface area contributed by atoms with E-state index < -0.39 is 71.1 Å². The molecule has 0 aromatic heterocycles. The number of allylic oxidation sites excluding steroid dienone is 1. The Morgan fingerprint density at radius 1 is 0.952 bits per heavy atom. The van der Waals surface area contributed by atoms with Gasteiger partial charge in [0.25, 0.3) is 5.91 Å². The summed E-state index contributed by atoms with van der Waals surface area (Å²) in [5.41, 5.74) is 1.54. The van der Waals surface area contributed by atoms with Crippen molar-refractivity contribution in [2.45, 2.75) is 133 Å². The second-order valence-electron chi connectivity index (χ2n) is 19.0. The highest BCUT2D eigenvalue weighted by molar-refractivity contribution is 5.95. The number of aromatic hydroxyl groups is 1. The van der Waals surface area contributed by atoms with Crippen LogP contribution >= 0.6 is 0 Å². The molecule has 0 spiro atoms. The van der Waals surface area contributed by atoms with Crippen LogP contribution in [-0.2, 0) is 57.7 Å². The molecule has 0 unspecified atom stereocenters. The van der Waals surface area contributed by atoms with Crippen LogP contribution in [0.15, 0.2) is 78.9 Å². The Morgan fingerprint density at radius 2 is 1.68 bits per heavy atom. The molecule has 334 valence electrons. The van der Waals surface area contributed by atoms with E-state index in [4.69, 9.17) is 23.8 Å². The number of hydrogen-bond acceptors (Lipinski definition) is 12. The van der Waals surface area contributed by atoms with Crippen molar-refractivity contribution in [1.29, 1.82) is 0 Å². The second-order valence-corrected chi connectivity index (χ2v) is 19.0. The van der Waals surface area contributed by atoms with Crippen molar-refractivity contribution in [3.63, 3.8) is 0 Å². The number of ether oxygens (including phenoxy) is 4. The number of esters is 2. The molecule has 3 aliphatic heterocycles. The number of aliphatic hydroxyl groups excluding tert-OH is 1. The van der Waals surface area contributed by atoms with Gasteiger partial charge in [-0.2, -0.15) is 5.06 Å². The number of aliphatic hydroxyl groups is 1. The Balaban J connectivity index is 0.935. The lowest BCUT2D eigenvalue weighted by atomic mass is 9.62. The Bertz CT molecular complexity index is 2250. The minimum Gasteiger partial charge on any atom is -0.508 e. The molecule has 3 aromatic rings. The number of phenolic OH excluding ortho intramolecular Hbond substituents is 1. The van der Waals surface area contributed by atoms with E-state index in [0.717, 1.165) is 42.4 Å². The van der Waals surface area contributed by atoms with E-state index in [2.05, 4.69) is 10.6 Å². The fourth-order valence-corrected chi connectivity index (χ4v) is 9.98. The number of hydroxylamine groups is 2. The van der Waals surface area contributed by atoms with Crippen LogP contribution in [0.4, 0.5) is 0 Å². The topological polar surface area (TPSA) is 182 Å². The smallest absolute Gasteiger partial charge is 0.327 e. The minimum atomic E-state index is -1.37. The summed E-state index contributed by atoms with van der Waals surface area (Å²) in [5.74, 6) is -1.84. The number of carbonyl (C=O) groups excluding carboxylic acids is 4. The molecular formula is C49H57N3O11. The average Bonchev–Trinajstić information content (AvgIpc) is 4.21. The summed E-state index contributed by atoms with van der Waals surface area (Å²) in [4.78, 5) is 61.7. The van der Waals surface area contributed by atoms with E-state index in [1.165, 1.54) is 0 Å². The Hall–Kier alpha value is -5.12. The van der Waals surface area contributed by atoms with Crippen molar-refractivity contribution in [2.75, 3.05) is 6.61 Å². The quantitative estimate of drug-likeness (QED) is 0.137. The normalized spacial score (nSPS) is 27.7. The van der Waals surface area contributed by atoms with E-state index in [9.17, 15) is 29.4 Å². The molecule has 3 saturated heterocycles. The van der Waals surface area contributed by atoms with Crippen molar-refractivity contribution in [1.82, 2.24) is 15.7 Å². The van der Waals surface area contributed by atoms with Crippen LogP contribution in [0.3, 0.4) is 0 Å². The molecule has 4 N–H and O–H groups in total. The molecule has 14 nitrogen and oxygen atoms in total. The second kappa shape index (κ2) is 17.1. The predicted molar refractivity (Wildman–Crippen MR) is 228 cm³/mol. The molecule has 3 aromatic carbocycles. The number of nitrogens with zero attached hydrogens (tertiary/aromatic N) is 1. The lowest BCUT2D eigenvalue weighted by Gasteiger charge is -2.48. The lowest BCUT2D eigenvalue weighted by Crippen LogP contribution is -2.69. The fourth-order valence-electron chi connectivity index (χ4n) is 9.98. The number of benzene rings is 3. The molecule has 3 aliphatic carbocycles. The summed E-state index contributed by atoms with van der Waals surface area (Å²) in [5, 5.41) is 27.7. The molecule has 3 heterocycles. The molecule has 9 rings (SSSR count). The van der Waals surface area contributed by atoms with Gasteiger partial charge in [0.2, 0.25) is 5.91 Å². The molecule has 14 heteroatoms. The number of nitrogens with one attached hydrogen (secondary N) is 2. The molecule has 0 radical (unpaired) electrons. The first kappa shape index (κ1) is 43.1. The predicted octanol–water partition coefficient (Wildman–Crippen LogP) is 5.28. The number of phenols is 1. The summed E-state index contributed by atoms with van der Waals surface area (Å²) in [6.07, 6.45) is 6.12. The minimum absolute atomic E-state index is 0.0285. The Labute approximate surface area is 367 Å². The molecule has 7 atom stereocenters. The van der Waals surface area contributed by atoms with Crippen molar-refractivity contribution in [3.05, 3.63) is 107 Å². The van der Waals surface area contributed by atoms with Gasteiger partial charge in [0.05, 0.1) is 19.2 Å². The highest BCUT2D eigenvalue weighted by Gasteiger charge is 2.78. The van der Waals surface area contributed by atoms with Gasteiger partial charge in [-0.3, -0.25) is 24.0 Å². The maximum absolute atomic E-state index is 15.0. The third kappa shape index (κ3) is 8.76. The fraction of sp³-hybridized carbons (Fsp3) is 0.510. The van der Waals surface area contributed by atoms with Crippen molar-refractivity contribution < 1.29 is 53.2 Å². The van der Waals surface area contributed by atoms with Crippen molar-refractivity contribution in [3.8, 4) is 5.75 Å². The van der Waals surface area contributed by atoms with Crippen LogP contribution < -0.4 is 10.6 Å². The van der Waals surface area contributed by atoms with Crippen LogP contribution in [0.1, 0.15) is 98.3 Å². The molecular weight excluding hydrogens is 807 g/mol. The number of para-hydroxylation sites is 1. The highest BCUT2D eigenvalue weighted by Crippen LogP contribution is 2.63. The first-order valence-electron chi connectivity index (χ1n) is 22.3. The van der Waals surface area contributed by atoms with Crippen molar-refractivity contribution >= 4 is 29.8 Å². The van der Waals surface area contributed by atoms with Gasteiger partial charge in [-0.1, -0.05) is 66.7 Å². The van der Waals surface area contributed by atoms with Crippen LogP contribution in [0.25, 0.3) is 6.08 Å². The van der Waals surface area contributed by atoms with Gasteiger partial charge in [-0.25, -0.2) is 0 Å². The molecule has 2 amide bonds. The zero-order valence-electron chi connectivity index (χ0n) is 36.0. The largest absolute Gasteiger partial charge is 0.508 e. The van der Waals surface area contributed by atoms with Gasteiger partial charge in [0, 0.05) is 36.8 Å². The molecule has 63 heavy (non-hydrogen) atoms. The monoisotopic (exact) mass is 863 g/mol. The number of amides is 2. The van der Waals surface area contributed by atoms with Crippen LogP contribution in [0, 0.1) is 17.3 Å². The van der Waals surface area contributed by atoms with Gasteiger partial charge < -0.3 is 39.8 Å². The SMILES string of the molecule is CC(C)(C)OC(=O)CC[C@@H](CO)NC(=O)c1cccc(CNC(=O)[C@@]23C[C@H]4OC(=O)[C@@H]2N(Cc2cccc(C=CCc5ccccc5O)c2)O[C@@H]3[C@H]2OC(C3CC3)(C3CC3)O[C@H]24)c1. The van der Waals surface area contributed by atoms with Crippen LogP contribution in [-0.4, -0.2) is 93.5 Å². The highest BCUT2D eigenvalue weighted by atomic mass is 16.8. The summed E-state index contributed by atoms with van der Waals surface area (Å²) in [6, 6.07) is 20.2. The van der Waals surface area contributed by atoms with Crippen LogP contribution in [0.5, 0.6) is 5.75 Å². The maximum Gasteiger partial charge on any atom is 0.327 e. The van der Waals surface area contributed by atoms with Gasteiger partial charge >= 0.3 is 11.9 Å². The summed E-state index contributed by atoms with van der Waals surface area (Å²) < 4.78 is 25.5. The van der Waals surface area contributed by atoms with E-state index in [1.807, 2.05) is 48.6 Å². The standard InChI is InChI=1S/C49H57N3O11/c1-47(2,3)60-39(55)22-21-36(28-53)51-44(56)33-15-8-11-30(24-33)26-50-46(58)48-25-38-40-41(62-49(61-40,34-17-18-34)35-19-20-35)43(48)63-52(42(48)45(57)59-38)27-31-12-6-9-29(23-31)10-7-14-32-13-4-5-16-37(32)54/h4-13,15-16,23-24,34-36,38,40-43,53-54H,14,17-22,25-28H2,1-3H3,(H,50,58)(H,51,56)/t36-,38+,40-,41-,42-,43+,48-/m0/s1. The van der Waals surface area contributed by atoms with Gasteiger partial charge in [-0.15, -0.1) is 0 Å².